The average Bonchev–Trinajstić information content (AvgIpc) is 2.45. The maximum Gasteiger partial charge on any atom is 0.407 e. The summed E-state index contributed by atoms with van der Waals surface area (Å²) in [5.41, 5.74) is 0.760. The van der Waals surface area contributed by atoms with Crippen LogP contribution in [0.15, 0.2) is 42.5 Å². The van der Waals surface area contributed by atoms with E-state index in [0.29, 0.717) is 6.54 Å². The quantitative estimate of drug-likeness (QED) is 0.881. The number of amides is 1. The molecule has 1 unspecified atom stereocenters. The van der Waals surface area contributed by atoms with Crippen LogP contribution >= 0.6 is 0 Å². The summed E-state index contributed by atoms with van der Waals surface area (Å²) >= 11 is 0. The molecule has 0 heterocycles. The van der Waals surface area contributed by atoms with Gasteiger partial charge in [-0.3, -0.25) is 0 Å². The van der Waals surface area contributed by atoms with E-state index < -0.39 is 5.60 Å². The van der Waals surface area contributed by atoms with Gasteiger partial charge in [0.25, 0.3) is 0 Å². The second kappa shape index (κ2) is 7.47. The highest BCUT2D eigenvalue weighted by molar-refractivity contribution is 5.82. The van der Waals surface area contributed by atoms with Gasteiger partial charge in [-0.05, 0) is 50.1 Å². The smallest absolute Gasteiger partial charge is 0.407 e. The highest BCUT2D eigenvalue weighted by Crippen LogP contribution is 2.15. The number of carbonyl (C=O) groups is 1. The molecular weight excluding hydrogens is 288 g/mol. The Bertz CT molecular complexity index is 662. The highest BCUT2D eigenvalue weighted by Gasteiger charge is 2.17. The predicted octanol–water partition coefficient (Wildman–Crippen LogP) is 3.84. The fourth-order valence-corrected chi connectivity index (χ4v) is 2.34. The molecule has 0 fully saturated rings. The summed E-state index contributed by atoms with van der Waals surface area (Å²) in [6.45, 7) is 8.98. The summed E-state index contributed by atoms with van der Waals surface area (Å²) in [7, 11) is 0. The molecule has 1 amide bonds. The maximum absolute atomic E-state index is 11.7. The largest absolute Gasteiger partial charge is 0.444 e. The highest BCUT2D eigenvalue weighted by atomic mass is 16.6. The number of alkyl carbamates (subject to hydrolysis) is 1. The predicted molar refractivity (Wildman–Crippen MR) is 94.5 cm³/mol. The Balaban J connectivity index is 1.78. The molecule has 0 aliphatic rings. The molecule has 2 aromatic carbocycles. The van der Waals surface area contributed by atoms with Gasteiger partial charge in [-0.15, -0.1) is 0 Å². The first kappa shape index (κ1) is 17.3. The van der Waals surface area contributed by atoms with Crippen LogP contribution in [0.3, 0.4) is 0 Å². The van der Waals surface area contributed by atoms with E-state index in [-0.39, 0.29) is 12.1 Å². The van der Waals surface area contributed by atoms with E-state index in [9.17, 15) is 4.79 Å². The molecule has 1 atom stereocenters. The van der Waals surface area contributed by atoms with Gasteiger partial charge in [0.2, 0.25) is 0 Å². The third-order valence-corrected chi connectivity index (χ3v) is 3.36. The topological polar surface area (TPSA) is 50.4 Å². The van der Waals surface area contributed by atoms with Gasteiger partial charge < -0.3 is 15.4 Å². The van der Waals surface area contributed by atoms with Gasteiger partial charge >= 0.3 is 6.09 Å². The van der Waals surface area contributed by atoms with Crippen LogP contribution < -0.4 is 10.6 Å². The summed E-state index contributed by atoms with van der Waals surface area (Å²) in [6, 6.07) is 14.8. The van der Waals surface area contributed by atoms with Crippen LogP contribution in [0.25, 0.3) is 10.8 Å². The minimum absolute atomic E-state index is 0.00491. The summed E-state index contributed by atoms with van der Waals surface area (Å²) in [4.78, 5) is 11.7. The van der Waals surface area contributed by atoms with Crippen molar-refractivity contribution < 1.29 is 9.53 Å². The first-order valence-corrected chi connectivity index (χ1v) is 8.01. The molecule has 0 aliphatic heterocycles. The van der Waals surface area contributed by atoms with E-state index in [4.69, 9.17) is 4.74 Å². The Hall–Kier alpha value is -2.07. The second-order valence-corrected chi connectivity index (χ2v) is 6.86. The number of rotatable bonds is 5. The molecule has 4 heteroatoms. The number of fused-ring (bicyclic) bond motifs is 1. The first-order valence-electron chi connectivity index (χ1n) is 8.01. The van der Waals surface area contributed by atoms with Crippen LogP contribution in [0.4, 0.5) is 4.79 Å². The van der Waals surface area contributed by atoms with Crippen molar-refractivity contribution in [2.45, 2.75) is 45.9 Å². The Morgan fingerprint density at radius 3 is 2.52 bits per heavy atom. The number of hydrogen-bond donors (Lipinski definition) is 2. The van der Waals surface area contributed by atoms with Crippen molar-refractivity contribution in [3.8, 4) is 0 Å². The molecule has 23 heavy (non-hydrogen) atoms. The number of nitrogens with one attached hydrogen (secondary N) is 2. The molecule has 2 aromatic rings. The molecular formula is C19H26N2O2. The van der Waals surface area contributed by atoms with Crippen molar-refractivity contribution >= 4 is 16.9 Å². The van der Waals surface area contributed by atoms with Crippen LogP contribution in [0, 0.1) is 0 Å². The van der Waals surface area contributed by atoms with Crippen molar-refractivity contribution in [1.82, 2.24) is 10.6 Å². The molecule has 0 saturated carbocycles. The maximum atomic E-state index is 11.7. The van der Waals surface area contributed by atoms with E-state index in [1.807, 2.05) is 39.8 Å². The molecule has 0 aromatic heterocycles. The lowest BCUT2D eigenvalue weighted by molar-refractivity contribution is 0.0508. The Morgan fingerprint density at radius 2 is 1.83 bits per heavy atom. The zero-order valence-electron chi connectivity index (χ0n) is 14.3. The molecule has 0 saturated heterocycles. The molecule has 2 N–H and O–H groups in total. The molecule has 0 aliphatic carbocycles. The lowest BCUT2D eigenvalue weighted by atomic mass is 10.1. The van der Waals surface area contributed by atoms with Crippen LogP contribution in [0.1, 0.15) is 33.3 Å². The van der Waals surface area contributed by atoms with E-state index >= 15 is 0 Å². The summed E-state index contributed by atoms with van der Waals surface area (Å²) in [5.74, 6) is 0. The van der Waals surface area contributed by atoms with E-state index in [1.165, 1.54) is 16.3 Å². The van der Waals surface area contributed by atoms with Gasteiger partial charge in [0.05, 0.1) is 0 Å². The van der Waals surface area contributed by atoms with Gasteiger partial charge in [-0.1, -0.05) is 36.4 Å². The SMILES string of the molecule is CC(CNCc1ccc2ccccc2c1)NC(=O)OC(C)(C)C. The van der Waals surface area contributed by atoms with Gasteiger partial charge in [0, 0.05) is 19.1 Å². The lowest BCUT2D eigenvalue weighted by Crippen LogP contribution is -2.42. The first-order chi connectivity index (χ1) is 10.8. The summed E-state index contributed by atoms with van der Waals surface area (Å²) in [6.07, 6.45) is -0.377. The Labute approximate surface area is 138 Å². The number of benzene rings is 2. The third-order valence-electron chi connectivity index (χ3n) is 3.36. The lowest BCUT2D eigenvalue weighted by Gasteiger charge is -2.22. The van der Waals surface area contributed by atoms with E-state index in [1.54, 1.807) is 0 Å². The zero-order chi connectivity index (χ0) is 16.9. The van der Waals surface area contributed by atoms with Crippen molar-refractivity contribution in [1.29, 1.82) is 0 Å². The fraction of sp³-hybridized carbons (Fsp3) is 0.421. The normalized spacial score (nSPS) is 12.9. The number of hydrogen-bond acceptors (Lipinski definition) is 3. The molecule has 0 bridgehead atoms. The Morgan fingerprint density at radius 1 is 1.13 bits per heavy atom. The van der Waals surface area contributed by atoms with Crippen LogP contribution in [-0.4, -0.2) is 24.3 Å². The Kier molecular flexibility index (Phi) is 5.61. The van der Waals surface area contributed by atoms with E-state index in [2.05, 4.69) is 41.0 Å². The number of carbonyl (C=O) groups excluding carboxylic acids is 1. The summed E-state index contributed by atoms with van der Waals surface area (Å²) in [5, 5.41) is 8.68. The van der Waals surface area contributed by atoms with Crippen molar-refractivity contribution in [2.75, 3.05) is 6.54 Å². The average molecular weight is 314 g/mol. The van der Waals surface area contributed by atoms with Gasteiger partial charge in [0.1, 0.15) is 5.60 Å². The molecule has 124 valence electrons. The van der Waals surface area contributed by atoms with Crippen molar-refractivity contribution in [2.24, 2.45) is 0 Å². The number of ether oxygens (including phenoxy) is 1. The minimum Gasteiger partial charge on any atom is -0.444 e. The molecule has 2 rings (SSSR count). The second-order valence-electron chi connectivity index (χ2n) is 6.86. The molecule has 0 spiro atoms. The van der Waals surface area contributed by atoms with Gasteiger partial charge in [0.15, 0.2) is 0 Å². The van der Waals surface area contributed by atoms with Crippen LogP contribution in [0.2, 0.25) is 0 Å². The zero-order valence-corrected chi connectivity index (χ0v) is 14.3. The molecule has 0 radical (unpaired) electrons. The monoisotopic (exact) mass is 314 g/mol. The van der Waals surface area contributed by atoms with Gasteiger partial charge in [-0.25, -0.2) is 4.79 Å². The van der Waals surface area contributed by atoms with E-state index in [0.717, 1.165) is 6.54 Å². The van der Waals surface area contributed by atoms with Crippen molar-refractivity contribution in [3.63, 3.8) is 0 Å². The summed E-state index contributed by atoms with van der Waals surface area (Å²) < 4.78 is 5.24. The third kappa shape index (κ3) is 5.91. The standard InChI is InChI=1S/C19H26N2O2/c1-14(21-18(22)23-19(2,3)4)12-20-13-15-9-10-16-7-5-6-8-17(16)11-15/h5-11,14,20H,12-13H2,1-4H3,(H,21,22). The van der Waals surface area contributed by atoms with Crippen LogP contribution in [-0.2, 0) is 11.3 Å². The van der Waals surface area contributed by atoms with Crippen LogP contribution in [0.5, 0.6) is 0 Å². The van der Waals surface area contributed by atoms with Crippen molar-refractivity contribution in [3.05, 3.63) is 48.0 Å². The van der Waals surface area contributed by atoms with Gasteiger partial charge in [-0.2, -0.15) is 0 Å². The molecule has 4 nitrogen and oxygen atoms in total. The fourth-order valence-electron chi connectivity index (χ4n) is 2.34. The minimum atomic E-state index is -0.470.